The maximum Gasteiger partial charge on any atom is 0.321 e. The first-order chi connectivity index (χ1) is 36.5. The number of hydrogen-bond acceptors (Lipinski definition) is 6. The van der Waals surface area contributed by atoms with Crippen LogP contribution in [0.2, 0.25) is 0 Å². The van der Waals surface area contributed by atoms with Gasteiger partial charge in [0.25, 0.3) is 0 Å². The van der Waals surface area contributed by atoms with Crippen molar-refractivity contribution in [3.8, 4) is 0 Å². The Morgan fingerprint density at radius 3 is 1.12 bits per heavy atom. The van der Waals surface area contributed by atoms with Crippen LogP contribution in [0.5, 0.6) is 0 Å². The fourth-order valence-electron chi connectivity index (χ4n) is 9.61. The Morgan fingerprint density at radius 1 is 0.480 bits per heavy atom. The summed E-state index contributed by atoms with van der Waals surface area (Å²) in [6.07, 6.45) is 24.7. The minimum Gasteiger partial charge on any atom is -0.341 e. The van der Waals surface area contributed by atoms with Gasteiger partial charge in [-0.25, -0.2) is 24.2 Å². The van der Waals surface area contributed by atoms with Gasteiger partial charge in [0.2, 0.25) is 12.2 Å². The first kappa shape index (κ1) is 65.3. The average Bonchev–Trinajstić information content (AvgIpc) is 3.43. The summed E-state index contributed by atoms with van der Waals surface area (Å²) in [5.74, 6) is 2.37. The molecule has 0 aliphatic rings. The molecule has 0 bridgehead atoms. The highest BCUT2D eigenvalue weighted by molar-refractivity contribution is 5.89. The van der Waals surface area contributed by atoms with Crippen LogP contribution in [0.15, 0.2) is 107 Å². The van der Waals surface area contributed by atoms with Crippen LogP contribution in [-0.2, 0) is 28.9 Å². The number of carbonyl (C=O) groups excluding carboxylic acids is 4. The number of nitrogens with zero attached hydrogens (tertiary/aromatic N) is 4. The van der Waals surface area contributed by atoms with Gasteiger partial charge in [-0.05, 0) is 126 Å². The van der Waals surface area contributed by atoms with E-state index in [0.717, 1.165) is 64.0 Å². The van der Waals surface area contributed by atoms with E-state index in [4.69, 9.17) is 4.79 Å². The van der Waals surface area contributed by atoms with Crippen molar-refractivity contribution >= 4 is 35.6 Å². The van der Waals surface area contributed by atoms with Crippen LogP contribution in [0, 0.1) is 23.7 Å². The van der Waals surface area contributed by atoms with E-state index < -0.39 is 0 Å². The second-order valence-electron chi connectivity index (χ2n) is 20.5. The molecule has 10 nitrogen and oxygen atoms in total. The molecule has 4 aromatic rings. The van der Waals surface area contributed by atoms with Crippen molar-refractivity contribution in [3.63, 3.8) is 0 Å². The van der Waals surface area contributed by atoms with Crippen LogP contribution in [-0.4, -0.2) is 74.3 Å². The highest BCUT2D eigenvalue weighted by Gasteiger charge is 2.23. The summed E-state index contributed by atoms with van der Waals surface area (Å²) in [6.45, 7) is 21.5. The largest absolute Gasteiger partial charge is 0.341 e. The predicted molar refractivity (Wildman–Crippen MR) is 316 cm³/mol. The van der Waals surface area contributed by atoms with Crippen LogP contribution >= 0.6 is 0 Å². The third kappa shape index (κ3) is 27.5. The van der Waals surface area contributed by atoms with Crippen LogP contribution in [0.4, 0.5) is 21.0 Å². The van der Waals surface area contributed by atoms with Gasteiger partial charge in [0.05, 0.1) is 5.69 Å². The predicted octanol–water partition coefficient (Wildman–Crippen LogP) is 16.7. The fraction of sp³-hybridized carbons (Fsp3) is 0.569. The SMILES string of the molecule is CCCCC(CC)CN(CC(CC)CCCC)C(=O)NC.CCCCC(CC)CN(CC(CC)CCCC)C(=O)Nc1ccc(Cc2cccc(Cc3cccc(Cc4ccc(N=C=O)cc4)c3)c2)cc1.CN=C=O. The molecule has 0 fully saturated rings. The summed E-state index contributed by atoms with van der Waals surface area (Å²) >= 11 is 0. The van der Waals surface area contributed by atoms with Crippen molar-refractivity contribution in [3.05, 3.63) is 130 Å². The lowest BCUT2D eigenvalue weighted by atomic mass is 9.96. The molecular weight excluding hydrogens is 929 g/mol. The molecule has 4 aromatic carbocycles. The van der Waals surface area contributed by atoms with Crippen LogP contribution in [0.25, 0.3) is 0 Å². The molecule has 4 rings (SSSR count). The van der Waals surface area contributed by atoms with Gasteiger partial charge in [-0.15, -0.1) is 0 Å². The normalized spacial score (nSPS) is 12.2. The van der Waals surface area contributed by atoms with Crippen LogP contribution < -0.4 is 10.6 Å². The van der Waals surface area contributed by atoms with E-state index in [0.29, 0.717) is 29.4 Å². The number of urea groups is 2. The lowest BCUT2D eigenvalue weighted by Gasteiger charge is -2.31. The second kappa shape index (κ2) is 40.5. The molecule has 75 heavy (non-hydrogen) atoms. The van der Waals surface area contributed by atoms with Gasteiger partial charge in [0.15, 0.2) is 0 Å². The van der Waals surface area contributed by atoms with Crippen molar-refractivity contribution in [2.45, 2.75) is 177 Å². The summed E-state index contributed by atoms with van der Waals surface area (Å²) in [5.41, 5.74) is 8.97. The first-order valence-corrected chi connectivity index (χ1v) is 28.9. The van der Waals surface area contributed by atoms with Crippen molar-refractivity contribution in [2.24, 2.45) is 33.7 Å². The second-order valence-corrected chi connectivity index (χ2v) is 20.5. The molecule has 412 valence electrons. The number of nitrogens with one attached hydrogen (secondary N) is 2. The quantitative estimate of drug-likeness (QED) is 0.0373. The molecule has 4 amide bonds. The van der Waals surface area contributed by atoms with E-state index in [9.17, 15) is 14.4 Å². The highest BCUT2D eigenvalue weighted by atomic mass is 16.2. The van der Waals surface area contributed by atoms with E-state index in [1.807, 2.05) is 36.4 Å². The Balaban J connectivity index is 0.000000642. The van der Waals surface area contributed by atoms with Crippen molar-refractivity contribution in [1.29, 1.82) is 0 Å². The van der Waals surface area contributed by atoms with Crippen molar-refractivity contribution in [2.75, 3.05) is 45.6 Å². The number of carbonyl (C=O) groups is 2. The third-order valence-corrected chi connectivity index (χ3v) is 14.5. The molecule has 4 unspecified atom stereocenters. The van der Waals surface area contributed by atoms with E-state index in [1.54, 1.807) is 13.1 Å². The van der Waals surface area contributed by atoms with Gasteiger partial charge in [-0.3, -0.25) is 0 Å². The summed E-state index contributed by atoms with van der Waals surface area (Å²) in [5, 5.41) is 6.06. The van der Waals surface area contributed by atoms with Gasteiger partial charge in [-0.1, -0.05) is 205 Å². The molecular formula is C65H98N6O4. The topological polar surface area (TPSA) is 124 Å². The first-order valence-electron chi connectivity index (χ1n) is 28.9. The summed E-state index contributed by atoms with van der Waals surface area (Å²) in [7, 11) is 3.13. The molecule has 0 heterocycles. The molecule has 0 saturated heterocycles. The smallest absolute Gasteiger partial charge is 0.321 e. The zero-order valence-electron chi connectivity index (χ0n) is 48.2. The van der Waals surface area contributed by atoms with Crippen molar-refractivity contribution in [1.82, 2.24) is 15.1 Å². The Labute approximate surface area is 455 Å². The van der Waals surface area contributed by atoms with Gasteiger partial charge < -0.3 is 20.4 Å². The maximum absolute atomic E-state index is 13.7. The minimum atomic E-state index is 0.0293. The lowest BCUT2D eigenvalue weighted by molar-refractivity contribution is 0.170. The van der Waals surface area contributed by atoms with Gasteiger partial charge in [-0.2, -0.15) is 4.99 Å². The van der Waals surface area contributed by atoms with Crippen LogP contribution in [0.1, 0.15) is 192 Å². The van der Waals surface area contributed by atoms with E-state index in [2.05, 4.69) is 146 Å². The Bertz CT molecular complexity index is 2200. The van der Waals surface area contributed by atoms with Crippen molar-refractivity contribution < 1.29 is 19.2 Å². The summed E-state index contributed by atoms with van der Waals surface area (Å²) < 4.78 is 0. The zero-order valence-corrected chi connectivity index (χ0v) is 48.2. The Kier molecular flexibility index (Phi) is 35.2. The lowest BCUT2D eigenvalue weighted by Crippen LogP contribution is -2.43. The number of unbranched alkanes of at least 4 members (excludes halogenated alkanes) is 4. The Hall–Kier alpha value is -5.82. The van der Waals surface area contributed by atoms with E-state index in [-0.39, 0.29) is 12.1 Å². The minimum absolute atomic E-state index is 0.0293. The zero-order chi connectivity index (χ0) is 55.1. The van der Waals surface area contributed by atoms with Gasteiger partial charge in [0.1, 0.15) is 0 Å². The van der Waals surface area contributed by atoms with E-state index in [1.165, 1.54) is 136 Å². The molecule has 0 saturated carbocycles. The number of amides is 4. The molecule has 2 N–H and O–H groups in total. The number of rotatable bonds is 32. The number of aliphatic imine (C=N–C) groups is 2. The fourth-order valence-corrected chi connectivity index (χ4v) is 9.61. The molecule has 0 radical (unpaired) electrons. The molecule has 10 heteroatoms. The average molecular weight is 1030 g/mol. The molecule has 0 aliphatic carbocycles. The number of isocyanates is 2. The summed E-state index contributed by atoms with van der Waals surface area (Å²) in [6, 6.07) is 33.8. The van der Waals surface area contributed by atoms with E-state index >= 15 is 0 Å². The Morgan fingerprint density at radius 2 is 0.813 bits per heavy atom. The maximum atomic E-state index is 13.7. The molecule has 0 aliphatic heterocycles. The summed E-state index contributed by atoms with van der Waals surface area (Å²) in [4.78, 5) is 56.0. The number of benzene rings is 4. The molecule has 0 spiro atoms. The number of anilines is 1. The monoisotopic (exact) mass is 1030 g/mol. The standard InChI is InChI=1S/C45H57N3O2.C18H38N2O.C2H3NO/c1-5-9-13-35(7-3)32-48(33-36(8-4)14-10-6-2)45(50)47-44-25-21-38(22-26-44)28-40-16-12-18-42(30-40)31-41-17-11-15-39(29-41)27-37-19-23-43(24-20-37)46-34-49;1-6-10-12-16(8-3)14-20(18(21)19-5)15-17(9-4)13-11-7-2;1-3-2-4/h11-12,15-26,29-30,35-36H,5-10,13-14,27-28,31-33H2,1-4H3,(H,47,50);16-17H,6-15H2,1-5H3,(H,19,21);1H3. The van der Waals surface area contributed by atoms with Crippen LogP contribution in [0.3, 0.4) is 0 Å². The highest BCUT2D eigenvalue weighted by Crippen LogP contribution is 2.24. The van der Waals surface area contributed by atoms with Gasteiger partial charge in [0, 0.05) is 46.0 Å². The number of hydrogen-bond donors (Lipinski definition) is 2. The third-order valence-electron chi connectivity index (χ3n) is 14.5. The molecule has 4 atom stereocenters. The van der Waals surface area contributed by atoms with Gasteiger partial charge >= 0.3 is 12.1 Å². The molecule has 0 aromatic heterocycles.